The number of hydrogen-bond acceptors (Lipinski definition) is 5. The van der Waals surface area contributed by atoms with Gasteiger partial charge in [0.25, 0.3) is 0 Å². The molecular weight excluding hydrogens is 357 g/mol. The van der Waals surface area contributed by atoms with E-state index in [9.17, 15) is 4.39 Å². The van der Waals surface area contributed by atoms with Crippen LogP contribution in [0.25, 0.3) is 11.4 Å². The molecule has 6 heteroatoms. The van der Waals surface area contributed by atoms with Crippen LogP contribution in [0.2, 0.25) is 0 Å². The van der Waals surface area contributed by atoms with Gasteiger partial charge in [0, 0.05) is 18.5 Å². The van der Waals surface area contributed by atoms with E-state index in [1.807, 2.05) is 12.1 Å². The molecule has 0 radical (unpaired) electrons. The summed E-state index contributed by atoms with van der Waals surface area (Å²) in [6, 6.07) is 13.1. The Kier molecular flexibility index (Phi) is 6.76. The van der Waals surface area contributed by atoms with E-state index in [1.165, 1.54) is 11.6 Å². The Balaban J connectivity index is 1.52. The first-order chi connectivity index (χ1) is 13.6. The summed E-state index contributed by atoms with van der Waals surface area (Å²) in [7, 11) is 1.67. The van der Waals surface area contributed by atoms with Crippen LogP contribution in [0.4, 0.5) is 4.39 Å². The van der Waals surface area contributed by atoms with E-state index in [2.05, 4.69) is 34.1 Å². The first kappa shape index (κ1) is 20.0. The van der Waals surface area contributed by atoms with E-state index in [0.717, 1.165) is 31.8 Å². The fourth-order valence-electron chi connectivity index (χ4n) is 3.00. The fraction of sp³-hybridized carbons (Fsp3) is 0.364. The van der Waals surface area contributed by atoms with Crippen LogP contribution in [0.5, 0.6) is 5.75 Å². The molecule has 5 nitrogen and oxygen atoms in total. The first-order valence-corrected chi connectivity index (χ1v) is 9.53. The number of hydrogen-bond donors (Lipinski definition) is 0. The highest BCUT2D eigenvalue weighted by Crippen LogP contribution is 2.19. The number of benzene rings is 2. The number of methoxy groups -OCH3 is 1. The van der Waals surface area contributed by atoms with E-state index in [0.29, 0.717) is 29.3 Å². The van der Waals surface area contributed by atoms with Gasteiger partial charge >= 0.3 is 0 Å². The van der Waals surface area contributed by atoms with Crippen molar-refractivity contribution in [3.63, 3.8) is 0 Å². The van der Waals surface area contributed by atoms with Gasteiger partial charge < -0.3 is 9.26 Å². The smallest absolute Gasteiger partial charge is 0.227 e. The molecule has 0 saturated heterocycles. The van der Waals surface area contributed by atoms with E-state index < -0.39 is 0 Å². The van der Waals surface area contributed by atoms with Gasteiger partial charge in [-0.15, -0.1) is 0 Å². The van der Waals surface area contributed by atoms with Crippen molar-refractivity contribution in [1.29, 1.82) is 0 Å². The van der Waals surface area contributed by atoms with Gasteiger partial charge in [-0.2, -0.15) is 4.98 Å². The predicted molar refractivity (Wildman–Crippen MR) is 107 cm³/mol. The van der Waals surface area contributed by atoms with Crippen LogP contribution in [0.15, 0.2) is 47.0 Å². The van der Waals surface area contributed by atoms with E-state index in [-0.39, 0.29) is 5.82 Å². The van der Waals surface area contributed by atoms with Gasteiger partial charge in [0.05, 0.1) is 7.11 Å². The average Bonchev–Trinajstić information content (AvgIpc) is 3.18. The third-order valence-electron chi connectivity index (χ3n) is 4.78. The van der Waals surface area contributed by atoms with Crippen molar-refractivity contribution >= 4 is 0 Å². The molecule has 0 atom stereocenters. The van der Waals surface area contributed by atoms with Crippen molar-refractivity contribution in [3.05, 3.63) is 65.3 Å². The average molecular weight is 383 g/mol. The summed E-state index contributed by atoms with van der Waals surface area (Å²) in [4.78, 5) is 6.77. The van der Waals surface area contributed by atoms with Crippen LogP contribution in [0, 0.1) is 12.7 Å². The lowest BCUT2D eigenvalue weighted by Gasteiger charge is -2.20. The highest BCUT2D eigenvalue weighted by molar-refractivity contribution is 5.54. The SMILES string of the molecule is CCN(CCCc1nc(-c2ccc(C)c(F)c2)no1)Cc1ccc(OC)cc1. The number of halogens is 1. The lowest BCUT2D eigenvalue weighted by Crippen LogP contribution is -2.24. The monoisotopic (exact) mass is 383 g/mol. The molecule has 0 fully saturated rings. The quantitative estimate of drug-likeness (QED) is 0.538. The molecule has 1 heterocycles. The number of aryl methyl sites for hydroxylation is 2. The van der Waals surface area contributed by atoms with Crippen LogP contribution in [0.1, 0.15) is 30.4 Å². The maximum absolute atomic E-state index is 13.7. The highest BCUT2D eigenvalue weighted by Gasteiger charge is 2.11. The molecule has 148 valence electrons. The third-order valence-corrected chi connectivity index (χ3v) is 4.78. The Morgan fingerprint density at radius 2 is 1.93 bits per heavy atom. The summed E-state index contributed by atoms with van der Waals surface area (Å²) >= 11 is 0. The molecule has 0 N–H and O–H groups in total. The van der Waals surface area contributed by atoms with E-state index >= 15 is 0 Å². The summed E-state index contributed by atoms with van der Waals surface area (Å²) in [6.45, 7) is 6.66. The molecule has 3 aromatic rings. The second kappa shape index (κ2) is 9.46. The summed E-state index contributed by atoms with van der Waals surface area (Å²) in [5.74, 6) is 1.62. The van der Waals surface area contributed by atoms with Crippen molar-refractivity contribution < 1.29 is 13.7 Å². The number of ether oxygens (including phenoxy) is 1. The van der Waals surface area contributed by atoms with Gasteiger partial charge in [-0.05, 0) is 55.8 Å². The third kappa shape index (κ3) is 5.16. The van der Waals surface area contributed by atoms with Gasteiger partial charge in [0.1, 0.15) is 11.6 Å². The minimum absolute atomic E-state index is 0.263. The molecule has 0 spiro atoms. The number of nitrogens with zero attached hydrogens (tertiary/aromatic N) is 3. The van der Waals surface area contributed by atoms with Gasteiger partial charge in [-0.1, -0.05) is 36.3 Å². The molecule has 0 bridgehead atoms. The standard InChI is InChI=1S/C22H26FN3O2/c1-4-26(15-17-8-11-19(27-3)12-9-17)13-5-6-21-24-22(25-28-21)18-10-7-16(2)20(23)14-18/h7-12,14H,4-6,13,15H2,1-3H3. The molecule has 1 aromatic heterocycles. The fourth-order valence-corrected chi connectivity index (χ4v) is 3.00. The number of aromatic nitrogens is 2. The van der Waals surface area contributed by atoms with Gasteiger partial charge in [0.15, 0.2) is 0 Å². The number of rotatable bonds is 9. The second-order valence-electron chi connectivity index (χ2n) is 6.80. The van der Waals surface area contributed by atoms with E-state index in [4.69, 9.17) is 9.26 Å². The molecular formula is C22H26FN3O2. The predicted octanol–water partition coefficient (Wildman–Crippen LogP) is 4.65. The largest absolute Gasteiger partial charge is 0.497 e. The van der Waals surface area contributed by atoms with Gasteiger partial charge in [-0.3, -0.25) is 4.90 Å². The summed E-state index contributed by atoms with van der Waals surface area (Å²) < 4.78 is 24.3. The van der Waals surface area contributed by atoms with Crippen molar-refractivity contribution in [2.45, 2.75) is 33.2 Å². The Bertz CT molecular complexity index is 893. The van der Waals surface area contributed by atoms with Crippen LogP contribution in [-0.2, 0) is 13.0 Å². The lowest BCUT2D eigenvalue weighted by molar-refractivity contribution is 0.270. The lowest BCUT2D eigenvalue weighted by atomic mass is 10.1. The zero-order valence-electron chi connectivity index (χ0n) is 16.6. The van der Waals surface area contributed by atoms with Gasteiger partial charge in [0.2, 0.25) is 11.7 Å². The molecule has 0 amide bonds. The van der Waals surface area contributed by atoms with Crippen molar-refractivity contribution in [2.24, 2.45) is 0 Å². The van der Waals surface area contributed by atoms with Crippen LogP contribution in [-0.4, -0.2) is 35.2 Å². The van der Waals surface area contributed by atoms with E-state index in [1.54, 1.807) is 26.2 Å². The van der Waals surface area contributed by atoms with Crippen LogP contribution in [0.3, 0.4) is 0 Å². The van der Waals surface area contributed by atoms with Crippen LogP contribution < -0.4 is 4.74 Å². The Morgan fingerprint density at radius 1 is 1.14 bits per heavy atom. The van der Waals surface area contributed by atoms with Crippen LogP contribution >= 0.6 is 0 Å². The Labute approximate surface area is 165 Å². The van der Waals surface area contributed by atoms with Gasteiger partial charge in [-0.25, -0.2) is 4.39 Å². The maximum atomic E-state index is 13.7. The summed E-state index contributed by atoms with van der Waals surface area (Å²) in [5.41, 5.74) is 2.49. The molecule has 0 aliphatic carbocycles. The normalized spacial score (nSPS) is 11.2. The molecule has 3 rings (SSSR count). The molecule has 0 saturated carbocycles. The zero-order valence-corrected chi connectivity index (χ0v) is 16.6. The molecule has 0 unspecified atom stereocenters. The first-order valence-electron chi connectivity index (χ1n) is 9.53. The maximum Gasteiger partial charge on any atom is 0.227 e. The zero-order chi connectivity index (χ0) is 19.9. The highest BCUT2D eigenvalue weighted by atomic mass is 19.1. The summed E-state index contributed by atoms with van der Waals surface area (Å²) in [5, 5.41) is 3.98. The topological polar surface area (TPSA) is 51.4 Å². The Morgan fingerprint density at radius 3 is 2.61 bits per heavy atom. The molecule has 28 heavy (non-hydrogen) atoms. The molecule has 0 aliphatic heterocycles. The Hall–Kier alpha value is -2.73. The molecule has 0 aliphatic rings. The van der Waals surface area contributed by atoms with Crippen molar-refractivity contribution in [2.75, 3.05) is 20.2 Å². The molecule has 2 aromatic carbocycles. The van der Waals surface area contributed by atoms with Crippen molar-refractivity contribution in [1.82, 2.24) is 15.0 Å². The van der Waals surface area contributed by atoms with Crippen molar-refractivity contribution in [3.8, 4) is 17.1 Å². The second-order valence-corrected chi connectivity index (χ2v) is 6.80. The minimum atomic E-state index is -0.263. The minimum Gasteiger partial charge on any atom is -0.497 e. The summed E-state index contributed by atoms with van der Waals surface area (Å²) in [6.07, 6.45) is 1.61.